The van der Waals surface area contributed by atoms with Crippen molar-refractivity contribution in [3.05, 3.63) is 72.9 Å². The summed E-state index contributed by atoms with van der Waals surface area (Å²) in [5, 5.41) is 0. The van der Waals surface area contributed by atoms with Crippen LogP contribution in [0.3, 0.4) is 0 Å². The molecule has 0 amide bonds. The maximum absolute atomic E-state index is 12.8. The highest BCUT2D eigenvalue weighted by atomic mass is 16.6. The lowest BCUT2D eigenvalue weighted by Gasteiger charge is -2.18. The second-order valence-corrected chi connectivity index (χ2v) is 16.3. The van der Waals surface area contributed by atoms with Crippen molar-refractivity contribution in [2.45, 2.75) is 239 Å². The summed E-state index contributed by atoms with van der Waals surface area (Å²) in [6, 6.07) is 0. The molecule has 1 unspecified atom stereocenters. The van der Waals surface area contributed by atoms with Gasteiger partial charge in [0.05, 0.1) is 0 Å². The molecule has 0 rings (SSSR count). The minimum atomic E-state index is -0.791. The van der Waals surface area contributed by atoms with Crippen LogP contribution in [-0.4, -0.2) is 37.2 Å². The zero-order valence-electron chi connectivity index (χ0n) is 39.2. The summed E-state index contributed by atoms with van der Waals surface area (Å²) in [6.45, 7) is 6.41. The standard InChI is InChI=1S/C54H92O6/c1-4-7-10-13-16-19-22-25-27-30-32-35-38-41-44-47-53(56)59-50-51(49-58-52(55)46-43-40-37-34-31-28-24-21-18-15-12-9-6-3)60-54(57)48-45-42-39-36-33-29-26-23-20-17-14-11-8-5-2/h7,10,12,15-16,19,21,23-27,51H,4-6,8-9,11,13-14,17-18,20,22,28-50H2,1-3H3/b10-7-,15-12-,19-16-,24-21-,26-23-,27-25-. The number of carbonyl (C=O) groups excluding carboxylic acids is 3. The van der Waals surface area contributed by atoms with E-state index in [0.29, 0.717) is 19.3 Å². The fourth-order valence-electron chi connectivity index (χ4n) is 6.66. The summed E-state index contributed by atoms with van der Waals surface area (Å²) >= 11 is 0. The number of hydrogen-bond donors (Lipinski definition) is 0. The average molecular weight is 837 g/mol. The van der Waals surface area contributed by atoms with Crippen LogP contribution in [0.4, 0.5) is 0 Å². The van der Waals surface area contributed by atoms with Crippen molar-refractivity contribution in [1.82, 2.24) is 0 Å². The third-order valence-corrected chi connectivity index (χ3v) is 10.4. The van der Waals surface area contributed by atoms with Gasteiger partial charge in [-0.15, -0.1) is 0 Å². The summed E-state index contributed by atoms with van der Waals surface area (Å²) in [4.78, 5) is 37.9. The van der Waals surface area contributed by atoms with Crippen molar-refractivity contribution in [2.75, 3.05) is 13.2 Å². The second-order valence-electron chi connectivity index (χ2n) is 16.3. The van der Waals surface area contributed by atoms with E-state index in [1.165, 1.54) is 51.4 Å². The Kier molecular flexibility index (Phi) is 46.0. The fourth-order valence-corrected chi connectivity index (χ4v) is 6.66. The smallest absolute Gasteiger partial charge is 0.306 e. The summed E-state index contributed by atoms with van der Waals surface area (Å²) in [7, 11) is 0. The van der Waals surface area contributed by atoms with Crippen LogP contribution in [0.1, 0.15) is 233 Å². The van der Waals surface area contributed by atoms with Gasteiger partial charge in [0.25, 0.3) is 0 Å². The number of ether oxygens (including phenoxy) is 3. The normalized spacial score (nSPS) is 12.7. The molecule has 0 aliphatic heterocycles. The highest BCUT2D eigenvalue weighted by Gasteiger charge is 2.19. The minimum Gasteiger partial charge on any atom is -0.462 e. The van der Waals surface area contributed by atoms with Gasteiger partial charge in [-0.2, -0.15) is 0 Å². The zero-order valence-corrected chi connectivity index (χ0v) is 39.2. The Morgan fingerprint density at radius 3 is 1.10 bits per heavy atom. The third kappa shape index (κ3) is 45.9. The Labute approximate surface area is 370 Å². The summed E-state index contributed by atoms with van der Waals surface area (Å²) in [6.07, 6.45) is 60.2. The summed E-state index contributed by atoms with van der Waals surface area (Å²) in [5.74, 6) is -0.932. The van der Waals surface area contributed by atoms with E-state index in [2.05, 4.69) is 93.7 Å². The molecule has 60 heavy (non-hydrogen) atoms. The predicted octanol–water partition coefficient (Wildman–Crippen LogP) is 16.3. The zero-order chi connectivity index (χ0) is 43.7. The number of esters is 3. The maximum atomic E-state index is 12.8. The van der Waals surface area contributed by atoms with Crippen LogP contribution >= 0.6 is 0 Å². The molecule has 0 aliphatic carbocycles. The fraction of sp³-hybridized carbons (Fsp3) is 0.722. The molecule has 0 aromatic carbocycles. The van der Waals surface area contributed by atoms with Crippen molar-refractivity contribution < 1.29 is 28.6 Å². The molecule has 0 aromatic rings. The van der Waals surface area contributed by atoms with E-state index in [9.17, 15) is 14.4 Å². The first-order valence-corrected chi connectivity index (χ1v) is 24.9. The van der Waals surface area contributed by atoms with E-state index in [1.54, 1.807) is 0 Å². The van der Waals surface area contributed by atoms with Gasteiger partial charge in [0.2, 0.25) is 0 Å². The van der Waals surface area contributed by atoms with E-state index >= 15 is 0 Å². The number of carbonyl (C=O) groups is 3. The third-order valence-electron chi connectivity index (χ3n) is 10.4. The molecule has 0 saturated heterocycles. The molecular weight excluding hydrogens is 745 g/mol. The van der Waals surface area contributed by atoms with Crippen molar-refractivity contribution in [1.29, 1.82) is 0 Å². The van der Waals surface area contributed by atoms with Crippen LogP contribution < -0.4 is 0 Å². The van der Waals surface area contributed by atoms with Crippen molar-refractivity contribution in [3.63, 3.8) is 0 Å². The molecular formula is C54H92O6. The van der Waals surface area contributed by atoms with E-state index in [-0.39, 0.29) is 31.1 Å². The first kappa shape index (κ1) is 56.9. The Bertz CT molecular complexity index is 1140. The van der Waals surface area contributed by atoms with E-state index in [1.807, 2.05) is 0 Å². The molecule has 0 heterocycles. The maximum Gasteiger partial charge on any atom is 0.306 e. The van der Waals surface area contributed by atoms with Crippen LogP contribution in [0.15, 0.2) is 72.9 Å². The topological polar surface area (TPSA) is 78.9 Å². The van der Waals surface area contributed by atoms with E-state index < -0.39 is 6.10 Å². The Hall–Kier alpha value is -3.15. The number of allylic oxidation sites excluding steroid dienone is 12. The molecule has 344 valence electrons. The molecule has 0 fully saturated rings. The Morgan fingerprint density at radius 2 is 0.683 bits per heavy atom. The van der Waals surface area contributed by atoms with Crippen molar-refractivity contribution in [3.8, 4) is 0 Å². The SMILES string of the molecule is CC/C=C\C/C=C\C/C=C\CCCCCCCC(=O)OCC(COC(=O)CCCCCCC/C=C\C/C=C\CCC)OC(=O)CCCCCCC/C=C\CCCCCCC. The predicted molar refractivity (Wildman–Crippen MR) is 256 cm³/mol. The van der Waals surface area contributed by atoms with Gasteiger partial charge in [-0.3, -0.25) is 14.4 Å². The summed E-state index contributed by atoms with van der Waals surface area (Å²) < 4.78 is 16.7. The molecule has 0 N–H and O–H groups in total. The van der Waals surface area contributed by atoms with Crippen LogP contribution in [0.25, 0.3) is 0 Å². The highest BCUT2D eigenvalue weighted by Crippen LogP contribution is 2.13. The van der Waals surface area contributed by atoms with Gasteiger partial charge in [0, 0.05) is 19.3 Å². The molecule has 0 radical (unpaired) electrons. The minimum absolute atomic E-state index is 0.0921. The molecule has 6 nitrogen and oxygen atoms in total. The van der Waals surface area contributed by atoms with Crippen molar-refractivity contribution >= 4 is 17.9 Å². The molecule has 1 atom stereocenters. The van der Waals surface area contributed by atoms with Crippen LogP contribution in [0.2, 0.25) is 0 Å². The van der Waals surface area contributed by atoms with Gasteiger partial charge >= 0.3 is 17.9 Å². The lowest BCUT2D eigenvalue weighted by Crippen LogP contribution is -2.30. The second kappa shape index (κ2) is 48.5. The van der Waals surface area contributed by atoms with Gasteiger partial charge in [0.1, 0.15) is 13.2 Å². The van der Waals surface area contributed by atoms with Gasteiger partial charge in [0.15, 0.2) is 6.10 Å². The lowest BCUT2D eigenvalue weighted by molar-refractivity contribution is -0.167. The van der Waals surface area contributed by atoms with Crippen LogP contribution in [0.5, 0.6) is 0 Å². The number of hydrogen-bond acceptors (Lipinski definition) is 6. The van der Waals surface area contributed by atoms with Crippen molar-refractivity contribution in [2.24, 2.45) is 0 Å². The van der Waals surface area contributed by atoms with Gasteiger partial charge in [-0.1, -0.05) is 184 Å². The average Bonchev–Trinajstić information content (AvgIpc) is 3.24. The largest absolute Gasteiger partial charge is 0.462 e. The van der Waals surface area contributed by atoms with E-state index in [0.717, 1.165) is 141 Å². The molecule has 0 aromatic heterocycles. The van der Waals surface area contributed by atoms with Gasteiger partial charge < -0.3 is 14.2 Å². The van der Waals surface area contributed by atoms with E-state index in [4.69, 9.17) is 14.2 Å². The molecule has 0 spiro atoms. The first-order chi connectivity index (χ1) is 29.5. The molecule has 0 aliphatic rings. The van der Waals surface area contributed by atoms with Gasteiger partial charge in [-0.05, 0) is 103 Å². The molecule has 0 saturated carbocycles. The van der Waals surface area contributed by atoms with Gasteiger partial charge in [-0.25, -0.2) is 0 Å². The Balaban J connectivity index is 4.45. The monoisotopic (exact) mass is 837 g/mol. The number of rotatable bonds is 44. The lowest BCUT2D eigenvalue weighted by atomic mass is 10.1. The quantitative estimate of drug-likeness (QED) is 0.0263. The highest BCUT2D eigenvalue weighted by molar-refractivity contribution is 5.71. The molecule has 0 bridgehead atoms. The number of unbranched alkanes of at least 4 members (excludes halogenated alkanes) is 21. The summed E-state index contributed by atoms with van der Waals surface area (Å²) in [5.41, 5.74) is 0. The van der Waals surface area contributed by atoms with Crippen LogP contribution in [0, 0.1) is 0 Å². The molecule has 6 heteroatoms. The Morgan fingerprint density at radius 1 is 0.350 bits per heavy atom. The first-order valence-electron chi connectivity index (χ1n) is 24.9. The van der Waals surface area contributed by atoms with Crippen LogP contribution in [-0.2, 0) is 28.6 Å².